The van der Waals surface area contributed by atoms with Crippen LogP contribution < -0.4 is 15.1 Å². The first kappa shape index (κ1) is 42.5. The molecule has 1 aliphatic heterocycles. The van der Waals surface area contributed by atoms with Gasteiger partial charge in [-0.2, -0.15) is 0 Å². The third-order valence-corrected chi connectivity index (χ3v) is 10.0. The molecule has 1 aromatic heterocycles. The fraction of sp³-hybridized carbons (Fsp3) is 0.140. The predicted octanol–water partition coefficient (Wildman–Crippen LogP) is 7.72. The van der Waals surface area contributed by atoms with E-state index in [1.807, 2.05) is 30.3 Å². The van der Waals surface area contributed by atoms with Gasteiger partial charge in [-0.25, -0.2) is 24.0 Å². The van der Waals surface area contributed by atoms with Crippen LogP contribution in [0.5, 0.6) is 17.2 Å². The molecule has 8 rings (SSSR count). The molecule has 0 aliphatic carbocycles. The Morgan fingerprint density at radius 1 is 0.547 bits per heavy atom. The summed E-state index contributed by atoms with van der Waals surface area (Å²) in [5.74, 6) is -4.28. The molecule has 0 radical (unpaired) electrons. The predicted molar refractivity (Wildman–Crippen MR) is 228 cm³/mol. The lowest BCUT2D eigenvalue weighted by atomic mass is 9.97. The van der Waals surface area contributed by atoms with Gasteiger partial charge in [0.1, 0.15) is 30.7 Å². The number of carbonyl (C=O) groups excluding carboxylic acids is 4. The Morgan fingerprint density at radius 3 is 1.55 bits per heavy atom. The van der Waals surface area contributed by atoms with Crippen molar-refractivity contribution in [2.75, 3.05) is 6.61 Å². The lowest BCUT2D eigenvalue weighted by Gasteiger charge is -2.44. The van der Waals surface area contributed by atoms with E-state index < -0.39 is 72.6 Å². The van der Waals surface area contributed by atoms with Gasteiger partial charge in [0.2, 0.25) is 18.1 Å². The molecular weight excluding hydrogens is 825 g/mol. The summed E-state index contributed by atoms with van der Waals surface area (Å²) >= 11 is 0. The Hall–Kier alpha value is -8.23. The highest BCUT2D eigenvalue weighted by Gasteiger charge is 2.54. The molecule has 0 unspecified atom stereocenters. The van der Waals surface area contributed by atoms with E-state index in [1.165, 1.54) is 54.6 Å². The number of ether oxygens (including phenoxy) is 7. The van der Waals surface area contributed by atoms with Crippen molar-refractivity contribution in [3.63, 3.8) is 0 Å². The van der Waals surface area contributed by atoms with Crippen LogP contribution in [-0.2, 0) is 30.3 Å². The maximum Gasteiger partial charge on any atom is 0.382 e. The molecule has 6 aromatic carbocycles. The molecule has 1 aliphatic rings. The summed E-state index contributed by atoms with van der Waals surface area (Å²) in [4.78, 5) is 67.9. The molecule has 322 valence electrons. The lowest BCUT2D eigenvalue weighted by Crippen LogP contribution is -2.63. The second-order valence-corrected chi connectivity index (χ2v) is 14.3. The summed E-state index contributed by atoms with van der Waals surface area (Å²) in [7, 11) is 0. The van der Waals surface area contributed by atoms with Gasteiger partial charge in [0.25, 0.3) is 0 Å². The van der Waals surface area contributed by atoms with E-state index >= 15 is 0 Å². The highest BCUT2D eigenvalue weighted by atomic mass is 16.7. The molecule has 7 aromatic rings. The number of esters is 4. The second kappa shape index (κ2) is 19.6. The van der Waals surface area contributed by atoms with E-state index in [2.05, 4.69) is 0 Å². The maximum absolute atomic E-state index is 14.0. The average Bonchev–Trinajstić information content (AvgIpc) is 3.34. The number of benzene rings is 6. The molecule has 0 bridgehead atoms. The van der Waals surface area contributed by atoms with E-state index in [0.717, 1.165) is 5.56 Å². The summed E-state index contributed by atoms with van der Waals surface area (Å²) in [5, 5.41) is 10.9. The molecule has 0 saturated carbocycles. The van der Waals surface area contributed by atoms with E-state index in [1.54, 1.807) is 84.9 Å². The third kappa shape index (κ3) is 9.93. The first-order valence-corrected chi connectivity index (χ1v) is 20.0. The van der Waals surface area contributed by atoms with Gasteiger partial charge in [-0.05, 0) is 66.2 Å². The van der Waals surface area contributed by atoms with Gasteiger partial charge in [0.15, 0.2) is 18.0 Å². The molecular formula is C50H38O14. The van der Waals surface area contributed by atoms with Crippen LogP contribution in [0.1, 0.15) is 47.0 Å². The SMILES string of the molecule is O=C(OC[C@H]1O[C@@H](Oc2ccc3c(OCc4ccccc4)c(O)c(=O)oc3c2)[C@H](OC(=O)c2ccccc2)[C@@H](OC(=O)c2ccccc2)[C@H]1OC(=O)c1ccccc1)c1ccccc1. The molecule has 2 heterocycles. The number of carbonyl (C=O) groups is 4. The minimum absolute atomic E-state index is 0.0188. The molecule has 1 saturated heterocycles. The number of rotatable bonds is 14. The standard InChI is InChI=1S/C50H38O14/c51-40-41(57-29-31-16-6-1-7-17-31)37-27-26-36(28-38(37)60-49(40)56)59-50-44(64-48(55)35-24-14-5-15-25-35)43(63-47(54)34-22-12-4-13-23-34)42(62-46(53)33-20-10-3-11-21-33)39(61-50)30-58-45(52)32-18-8-2-9-19-32/h1-28,39,42-44,50-51H,29-30H2/t39-,42+,43+,44-,50-/m1/s1. The van der Waals surface area contributed by atoms with Gasteiger partial charge in [0, 0.05) is 6.07 Å². The minimum Gasteiger partial charge on any atom is -0.499 e. The van der Waals surface area contributed by atoms with Gasteiger partial charge in [-0.3, -0.25) is 0 Å². The smallest absolute Gasteiger partial charge is 0.382 e. The third-order valence-electron chi connectivity index (χ3n) is 10.0. The highest BCUT2D eigenvalue weighted by molar-refractivity contribution is 5.92. The normalized spacial score (nSPS) is 18.0. The van der Waals surface area contributed by atoms with Crippen LogP contribution >= 0.6 is 0 Å². The fourth-order valence-corrected chi connectivity index (χ4v) is 6.85. The number of fused-ring (bicyclic) bond motifs is 1. The summed E-state index contributed by atoms with van der Waals surface area (Å²) in [6.45, 7) is -0.558. The van der Waals surface area contributed by atoms with Crippen LogP contribution in [-0.4, -0.2) is 66.3 Å². The van der Waals surface area contributed by atoms with E-state index in [-0.39, 0.29) is 51.3 Å². The second-order valence-electron chi connectivity index (χ2n) is 14.3. The molecule has 5 atom stereocenters. The molecule has 0 amide bonds. The molecule has 14 heteroatoms. The van der Waals surface area contributed by atoms with Gasteiger partial charge in [0.05, 0.1) is 27.6 Å². The maximum atomic E-state index is 14.0. The van der Waals surface area contributed by atoms with Gasteiger partial charge in [-0.1, -0.05) is 103 Å². The first-order chi connectivity index (χ1) is 31.2. The van der Waals surface area contributed by atoms with Crippen LogP contribution in [0.25, 0.3) is 11.0 Å². The van der Waals surface area contributed by atoms with Crippen molar-refractivity contribution in [2.45, 2.75) is 37.3 Å². The zero-order chi connectivity index (χ0) is 44.4. The zero-order valence-electron chi connectivity index (χ0n) is 33.7. The Labute approximate surface area is 365 Å². The van der Waals surface area contributed by atoms with Crippen LogP contribution in [0.3, 0.4) is 0 Å². The molecule has 1 fully saturated rings. The van der Waals surface area contributed by atoms with Crippen molar-refractivity contribution < 1.29 is 61.9 Å². The van der Waals surface area contributed by atoms with Gasteiger partial charge >= 0.3 is 29.5 Å². The summed E-state index contributed by atoms with van der Waals surface area (Å²) in [5.41, 5.74) is 0.177. The summed E-state index contributed by atoms with van der Waals surface area (Å²) < 4.78 is 48.2. The van der Waals surface area contributed by atoms with E-state index in [9.17, 15) is 29.1 Å². The first-order valence-electron chi connectivity index (χ1n) is 20.0. The largest absolute Gasteiger partial charge is 0.499 e. The summed E-state index contributed by atoms with van der Waals surface area (Å²) in [6.07, 6.45) is -8.09. The zero-order valence-corrected chi connectivity index (χ0v) is 33.7. The van der Waals surface area contributed by atoms with Crippen LogP contribution in [0, 0.1) is 0 Å². The summed E-state index contributed by atoms with van der Waals surface area (Å²) in [6, 6.07) is 45.3. The van der Waals surface area contributed by atoms with Gasteiger partial charge < -0.3 is 42.7 Å². The average molecular weight is 863 g/mol. The van der Waals surface area contributed by atoms with Crippen LogP contribution in [0.4, 0.5) is 0 Å². The molecule has 1 N–H and O–H groups in total. The topological polar surface area (TPSA) is 183 Å². The van der Waals surface area contributed by atoms with Crippen LogP contribution in [0.2, 0.25) is 0 Å². The Bertz CT molecular complexity index is 2780. The van der Waals surface area contributed by atoms with Crippen molar-refractivity contribution in [3.05, 3.63) is 208 Å². The van der Waals surface area contributed by atoms with Crippen LogP contribution in [0.15, 0.2) is 179 Å². The lowest BCUT2D eigenvalue weighted by molar-refractivity contribution is -0.275. The fourth-order valence-electron chi connectivity index (χ4n) is 6.85. The Kier molecular flexibility index (Phi) is 13.0. The highest BCUT2D eigenvalue weighted by Crippen LogP contribution is 2.37. The number of hydrogen-bond donors (Lipinski definition) is 1. The van der Waals surface area contributed by atoms with Crippen molar-refractivity contribution in [2.24, 2.45) is 0 Å². The minimum atomic E-state index is -1.69. The van der Waals surface area contributed by atoms with Crippen molar-refractivity contribution >= 4 is 34.8 Å². The van der Waals surface area contributed by atoms with Crippen molar-refractivity contribution in [1.29, 1.82) is 0 Å². The quantitative estimate of drug-likeness (QED) is 0.0637. The Balaban J connectivity index is 1.20. The number of hydrogen-bond acceptors (Lipinski definition) is 14. The van der Waals surface area contributed by atoms with Crippen molar-refractivity contribution in [3.8, 4) is 17.2 Å². The van der Waals surface area contributed by atoms with Crippen molar-refractivity contribution in [1.82, 2.24) is 0 Å². The van der Waals surface area contributed by atoms with E-state index in [4.69, 9.17) is 37.6 Å². The molecule has 0 spiro atoms. The molecule has 64 heavy (non-hydrogen) atoms. The molecule has 14 nitrogen and oxygen atoms in total. The van der Waals surface area contributed by atoms with E-state index in [0.29, 0.717) is 0 Å². The Morgan fingerprint density at radius 2 is 1.02 bits per heavy atom. The monoisotopic (exact) mass is 862 g/mol. The number of aromatic hydroxyl groups is 1. The van der Waals surface area contributed by atoms with Gasteiger partial charge in [-0.15, -0.1) is 0 Å².